The lowest BCUT2D eigenvalue weighted by atomic mass is 9.98. The Labute approximate surface area is 136 Å². The second-order valence-corrected chi connectivity index (χ2v) is 5.96. The highest BCUT2D eigenvalue weighted by Crippen LogP contribution is 2.33. The predicted octanol–water partition coefficient (Wildman–Crippen LogP) is 1.21. The number of amides is 2. The number of carbonyl (C=O) groups excluding carboxylic acids is 2. The molecule has 23 heavy (non-hydrogen) atoms. The monoisotopic (exact) mass is 318 g/mol. The van der Waals surface area contributed by atoms with Crippen LogP contribution in [0.2, 0.25) is 0 Å². The molecular weight excluding hydrogens is 296 g/mol. The molecule has 0 aromatic heterocycles. The second kappa shape index (κ2) is 6.48. The van der Waals surface area contributed by atoms with Gasteiger partial charge in [-0.2, -0.15) is 0 Å². The number of methoxy groups -OCH3 is 2. The fourth-order valence-electron chi connectivity index (χ4n) is 3.23. The van der Waals surface area contributed by atoms with E-state index in [2.05, 4.69) is 0 Å². The molecule has 1 fully saturated rings. The molecule has 6 nitrogen and oxygen atoms in total. The van der Waals surface area contributed by atoms with Crippen LogP contribution in [-0.4, -0.2) is 55.5 Å². The Kier molecular flexibility index (Phi) is 4.41. The minimum absolute atomic E-state index is 0.0145. The summed E-state index contributed by atoms with van der Waals surface area (Å²) in [6.07, 6.45) is 2.20. The summed E-state index contributed by atoms with van der Waals surface area (Å²) in [5, 5.41) is 0. The minimum atomic E-state index is 0.0145. The Morgan fingerprint density at radius 2 is 1.78 bits per heavy atom. The predicted molar refractivity (Wildman–Crippen MR) is 84.5 cm³/mol. The van der Waals surface area contributed by atoms with Crippen LogP contribution >= 0.6 is 0 Å². The van der Waals surface area contributed by atoms with E-state index in [0.717, 1.165) is 18.4 Å². The molecular formula is C17H22N2O4. The Morgan fingerprint density at radius 3 is 2.39 bits per heavy atom. The van der Waals surface area contributed by atoms with E-state index in [4.69, 9.17) is 9.47 Å². The number of hydrogen-bond donors (Lipinski definition) is 0. The average molecular weight is 318 g/mol. The molecule has 0 saturated carbocycles. The van der Waals surface area contributed by atoms with Gasteiger partial charge in [-0.05, 0) is 36.1 Å². The number of likely N-dealkylation sites (tertiary alicyclic amines) is 1. The van der Waals surface area contributed by atoms with Gasteiger partial charge in [0.05, 0.1) is 20.8 Å². The first-order chi connectivity index (χ1) is 11.1. The van der Waals surface area contributed by atoms with Crippen LogP contribution in [0.15, 0.2) is 12.1 Å². The third-order valence-corrected chi connectivity index (χ3v) is 4.57. The Morgan fingerprint density at radius 1 is 1.09 bits per heavy atom. The van der Waals surface area contributed by atoms with E-state index in [1.54, 1.807) is 19.1 Å². The Balaban J connectivity index is 1.71. The van der Waals surface area contributed by atoms with Crippen molar-refractivity contribution in [3.05, 3.63) is 23.3 Å². The topological polar surface area (TPSA) is 59.1 Å². The van der Waals surface area contributed by atoms with Gasteiger partial charge in [0.2, 0.25) is 11.8 Å². The van der Waals surface area contributed by atoms with Crippen LogP contribution in [0, 0.1) is 0 Å². The number of fused-ring (bicyclic) bond motifs is 1. The van der Waals surface area contributed by atoms with E-state index in [9.17, 15) is 9.59 Å². The number of hydrogen-bond acceptors (Lipinski definition) is 4. The fourth-order valence-corrected chi connectivity index (χ4v) is 3.23. The number of benzene rings is 1. The van der Waals surface area contributed by atoms with Crippen LogP contribution in [-0.2, 0) is 22.6 Å². The Bertz CT molecular complexity index is 629. The molecule has 0 bridgehead atoms. The third kappa shape index (κ3) is 3.11. The van der Waals surface area contributed by atoms with Crippen molar-refractivity contribution in [2.75, 3.05) is 33.9 Å². The normalized spacial score (nSPS) is 17.2. The van der Waals surface area contributed by atoms with E-state index in [1.807, 2.05) is 17.0 Å². The molecule has 3 rings (SSSR count). The van der Waals surface area contributed by atoms with Gasteiger partial charge in [-0.25, -0.2) is 0 Å². The highest BCUT2D eigenvalue weighted by atomic mass is 16.5. The zero-order chi connectivity index (χ0) is 16.4. The lowest BCUT2D eigenvalue weighted by molar-refractivity contribution is -0.138. The maximum Gasteiger partial charge on any atom is 0.242 e. The van der Waals surface area contributed by atoms with Crippen molar-refractivity contribution in [2.45, 2.75) is 25.8 Å². The summed E-state index contributed by atoms with van der Waals surface area (Å²) in [7, 11) is 3.23. The van der Waals surface area contributed by atoms with Gasteiger partial charge in [-0.15, -0.1) is 0 Å². The van der Waals surface area contributed by atoms with Crippen molar-refractivity contribution < 1.29 is 19.1 Å². The minimum Gasteiger partial charge on any atom is -0.493 e. The molecule has 0 aliphatic carbocycles. The van der Waals surface area contributed by atoms with Gasteiger partial charge < -0.3 is 19.3 Å². The molecule has 1 aromatic rings. The van der Waals surface area contributed by atoms with Crippen LogP contribution in [0.4, 0.5) is 0 Å². The summed E-state index contributed by atoms with van der Waals surface area (Å²) in [5.41, 5.74) is 2.26. The number of ether oxygens (including phenoxy) is 2. The van der Waals surface area contributed by atoms with E-state index >= 15 is 0 Å². The smallest absolute Gasteiger partial charge is 0.242 e. The number of nitrogens with zero attached hydrogens (tertiary/aromatic N) is 2. The average Bonchev–Trinajstić information content (AvgIpc) is 2.97. The third-order valence-electron chi connectivity index (χ3n) is 4.57. The lowest BCUT2D eigenvalue weighted by Gasteiger charge is -2.31. The van der Waals surface area contributed by atoms with Crippen molar-refractivity contribution in [2.24, 2.45) is 0 Å². The lowest BCUT2D eigenvalue weighted by Crippen LogP contribution is -2.43. The zero-order valence-corrected chi connectivity index (χ0v) is 13.6. The standard InChI is InChI=1S/C17H22N2O4/c1-22-14-8-12-5-7-19(10-13(12)9-15(14)23-2)17(21)11-18-6-3-4-16(18)20/h8-9H,3-7,10-11H2,1-2H3. The van der Waals surface area contributed by atoms with Gasteiger partial charge in [-0.1, -0.05) is 0 Å². The molecule has 0 N–H and O–H groups in total. The van der Waals surface area contributed by atoms with Crippen LogP contribution in [0.5, 0.6) is 11.5 Å². The summed E-state index contributed by atoms with van der Waals surface area (Å²) in [5.74, 6) is 1.49. The largest absolute Gasteiger partial charge is 0.493 e. The first-order valence-corrected chi connectivity index (χ1v) is 7.91. The van der Waals surface area contributed by atoms with Crippen molar-refractivity contribution in [1.82, 2.24) is 9.80 Å². The summed E-state index contributed by atoms with van der Waals surface area (Å²) >= 11 is 0. The van der Waals surface area contributed by atoms with Crippen molar-refractivity contribution in [3.63, 3.8) is 0 Å². The SMILES string of the molecule is COc1cc2c(cc1OC)CN(C(=O)CN1CCCC1=O)CC2. The van der Waals surface area contributed by atoms with E-state index in [-0.39, 0.29) is 18.4 Å². The molecule has 2 aliphatic rings. The molecule has 0 unspecified atom stereocenters. The Hall–Kier alpha value is -2.24. The van der Waals surface area contributed by atoms with E-state index in [1.165, 1.54) is 5.56 Å². The van der Waals surface area contributed by atoms with Gasteiger partial charge in [0, 0.05) is 26.1 Å². The first kappa shape index (κ1) is 15.6. The highest BCUT2D eigenvalue weighted by molar-refractivity contribution is 5.86. The van der Waals surface area contributed by atoms with Crippen LogP contribution in [0.25, 0.3) is 0 Å². The molecule has 2 aliphatic heterocycles. The highest BCUT2D eigenvalue weighted by Gasteiger charge is 2.27. The first-order valence-electron chi connectivity index (χ1n) is 7.91. The molecule has 0 atom stereocenters. The van der Waals surface area contributed by atoms with Crippen molar-refractivity contribution >= 4 is 11.8 Å². The summed E-state index contributed by atoms with van der Waals surface area (Å²) in [6.45, 7) is 2.11. The summed E-state index contributed by atoms with van der Waals surface area (Å²) in [6, 6.07) is 3.93. The molecule has 0 spiro atoms. The number of carbonyl (C=O) groups is 2. The van der Waals surface area contributed by atoms with Crippen LogP contribution in [0.1, 0.15) is 24.0 Å². The molecule has 1 aromatic carbocycles. The van der Waals surface area contributed by atoms with Gasteiger partial charge in [-0.3, -0.25) is 9.59 Å². The quantitative estimate of drug-likeness (QED) is 0.837. The zero-order valence-electron chi connectivity index (χ0n) is 13.6. The second-order valence-electron chi connectivity index (χ2n) is 5.96. The van der Waals surface area contributed by atoms with Crippen LogP contribution in [0.3, 0.4) is 0 Å². The fraction of sp³-hybridized carbons (Fsp3) is 0.529. The number of rotatable bonds is 4. The molecule has 0 radical (unpaired) electrons. The molecule has 2 heterocycles. The maximum absolute atomic E-state index is 12.5. The van der Waals surface area contributed by atoms with Gasteiger partial charge in [0.15, 0.2) is 11.5 Å². The molecule has 1 saturated heterocycles. The van der Waals surface area contributed by atoms with Crippen molar-refractivity contribution in [1.29, 1.82) is 0 Å². The van der Waals surface area contributed by atoms with Crippen LogP contribution < -0.4 is 9.47 Å². The maximum atomic E-state index is 12.5. The van der Waals surface area contributed by atoms with Gasteiger partial charge >= 0.3 is 0 Å². The molecule has 6 heteroatoms. The van der Waals surface area contributed by atoms with E-state index in [0.29, 0.717) is 37.6 Å². The van der Waals surface area contributed by atoms with E-state index < -0.39 is 0 Å². The van der Waals surface area contributed by atoms with Gasteiger partial charge in [0.25, 0.3) is 0 Å². The summed E-state index contributed by atoms with van der Waals surface area (Å²) < 4.78 is 10.7. The van der Waals surface area contributed by atoms with Gasteiger partial charge in [0.1, 0.15) is 0 Å². The van der Waals surface area contributed by atoms with Crippen molar-refractivity contribution in [3.8, 4) is 11.5 Å². The summed E-state index contributed by atoms with van der Waals surface area (Å²) in [4.78, 5) is 27.6. The molecule has 2 amide bonds. The molecule has 124 valence electrons.